The molecule has 2 aromatic heterocycles. The molecule has 0 radical (unpaired) electrons. The highest BCUT2D eigenvalue weighted by molar-refractivity contribution is 8.16. The van der Waals surface area contributed by atoms with E-state index in [-0.39, 0.29) is 21.2 Å². The number of imidazole rings is 1. The van der Waals surface area contributed by atoms with Gasteiger partial charge in [-0.1, -0.05) is 37.9 Å². The molecule has 1 aliphatic carbocycles. The van der Waals surface area contributed by atoms with Crippen LogP contribution in [-0.4, -0.2) is 39.0 Å². The number of aromatic nitrogens is 2. The van der Waals surface area contributed by atoms with E-state index in [2.05, 4.69) is 42.8 Å². The van der Waals surface area contributed by atoms with Crippen molar-refractivity contribution in [1.82, 2.24) is 9.38 Å². The first kappa shape index (κ1) is 24.0. The number of fused-ring (bicyclic) bond motifs is 1. The van der Waals surface area contributed by atoms with Crippen LogP contribution in [0.4, 0.5) is 10.1 Å². The number of ether oxygens (including phenoxy) is 2. The number of methoxy groups -OCH3 is 2. The molecule has 1 N–H and O–H groups in total. The number of benzene rings is 1. The Balaban J connectivity index is 1.80. The lowest BCUT2D eigenvalue weighted by Gasteiger charge is -2.30. The van der Waals surface area contributed by atoms with Crippen molar-refractivity contribution in [3.05, 3.63) is 36.4 Å². The lowest BCUT2D eigenvalue weighted by atomic mass is 10.0. The van der Waals surface area contributed by atoms with Gasteiger partial charge in [-0.2, -0.15) is 0 Å². The Kier molecular flexibility index (Phi) is 6.96. The minimum Gasteiger partial charge on any atom is -0.495 e. The molecule has 0 spiro atoms. The Hall–Kier alpha value is -2.19. The zero-order valence-electron chi connectivity index (χ0n) is 20.1. The van der Waals surface area contributed by atoms with Gasteiger partial charge in [0.25, 0.3) is 0 Å². The zero-order valence-corrected chi connectivity index (χ0v) is 21.7. The average Bonchev–Trinajstić information content (AvgIpc) is 3.12. The summed E-state index contributed by atoms with van der Waals surface area (Å²) < 4.78 is 31.8. The number of halogens is 1. The van der Waals surface area contributed by atoms with E-state index in [1.54, 1.807) is 25.1 Å². The van der Waals surface area contributed by atoms with Crippen LogP contribution in [0.5, 0.6) is 11.5 Å². The van der Waals surface area contributed by atoms with Crippen molar-refractivity contribution in [1.29, 1.82) is 0 Å². The molecule has 1 aromatic carbocycles. The van der Waals surface area contributed by atoms with E-state index in [0.29, 0.717) is 10.9 Å². The third kappa shape index (κ3) is 5.01. The second-order valence-electron chi connectivity index (χ2n) is 9.09. The van der Waals surface area contributed by atoms with E-state index in [9.17, 15) is 0 Å². The predicted molar refractivity (Wildman–Crippen MR) is 140 cm³/mol. The Bertz CT molecular complexity index is 1200. The second kappa shape index (κ2) is 9.58. The van der Waals surface area contributed by atoms with Crippen molar-refractivity contribution < 1.29 is 13.9 Å². The zero-order chi connectivity index (χ0) is 23.8. The molecule has 5 nitrogen and oxygen atoms in total. The normalized spacial score (nSPS) is 15.5. The van der Waals surface area contributed by atoms with Gasteiger partial charge in [-0.05, 0) is 37.3 Å². The molecule has 33 heavy (non-hydrogen) atoms. The largest absolute Gasteiger partial charge is 0.495 e. The summed E-state index contributed by atoms with van der Waals surface area (Å²) in [4.78, 5) is 5.58. The molecule has 1 saturated carbocycles. The molecule has 178 valence electrons. The van der Waals surface area contributed by atoms with Gasteiger partial charge in [0, 0.05) is 27.8 Å². The van der Waals surface area contributed by atoms with Gasteiger partial charge in [0.15, 0.2) is 11.6 Å². The first-order valence-electron chi connectivity index (χ1n) is 11.1. The fourth-order valence-corrected chi connectivity index (χ4v) is 6.85. The number of thioether (sulfide) groups is 1. The maximum absolute atomic E-state index is 15.1. The number of nitrogens with one attached hydrogen (secondary N) is 1. The molecule has 0 saturated heterocycles. The third-order valence-electron chi connectivity index (χ3n) is 5.65. The van der Waals surface area contributed by atoms with Crippen LogP contribution in [0, 0.1) is 5.82 Å². The molecule has 1 aliphatic rings. The quantitative estimate of drug-likeness (QED) is 0.285. The lowest BCUT2D eigenvalue weighted by molar-refractivity contribution is 0.389. The van der Waals surface area contributed by atoms with Crippen LogP contribution in [-0.2, 0) is 0 Å². The van der Waals surface area contributed by atoms with Crippen LogP contribution in [0.2, 0.25) is 0 Å². The molecule has 2 heterocycles. The Morgan fingerprint density at radius 3 is 2.55 bits per heavy atom. The van der Waals surface area contributed by atoms with Gasteiger partial charge in [-0.25, -0.2) is 9.37 Å². The van der Waals surface area contributed by atoms with Crippen molar-refractivity contribution in [3.8, 4) is 22.8 Å². The molecular weight excluding hydrogens is 457 g/mol. The highest BCUT2D eigenvalue weighted by atomic mass is 32.2. The molecule has 0 amide bonds. The molecule has 0 bridgehead atoms. The van der Waals surface area contributed by atoms with Gasteiger partial charge in [0.05, 0.1) is 36.7 Å². The van der Waals surface area contributed by atoms with Crippen molar-refractivity contribution in [2.24, 2.45) is 0 Å². The summed E-state index contributed by atoms with van der Waals surface area (Å²) in [5.41, 5.74) is 2.99. The van der Waals surface area contributed by atoms with E-state index in [0.717, 1.165) is 27.5 Å². The fourth-order valence-electron chi connectivity index (χ4n) is 3.88. The van der Waals surface area contributed by atoms with Crippen molar-refractivity contribution in [3.63, 3.8) is 0 Å². The van der Waals surface area contributed by atoms with Crippen LogP contribution >= 0.6 is 22.4 Å². The molecule has 0 aliphatic heterocycles. The monoisotopic (exact) mass is 489 g/mol. The van der Waals surface area contributed by atoms with E-state index in [1.165, 1.54) is 32.4 Å². The molecule has 1 fully saturated rings. The minimum atomic E-state index is -0.390. The first-order valence-corrected chi connectivity index (χ1v) is 13.3. The fraction of sp³-hybridized carbons (Fsp3) is 0.440. The molecular formula is C25H32FN3O2S2. The van der Waals surface area contributed by atoms with Gasteiger partial charge in [-0.3, -0.25) is 4.40 Å². The van der Waals surface area contributed by atoms with Crippen LogP contribution in [0.25, 0.3) is 16.9 Å². The summed E-state index contributed by atoms with van der Waals surface area (Å²) in [7, 11) is 3.05. The Morgan fingerprint density at radius 2 is 1.97 bits per heavy atom. The maximum atomic E-state index is 15.1. The summed E-state index contributed by atoms with van der Waals surface area (Å²) in [6, 6.07) is 5.41. The van der Waals surface area contributed by atoms with Crippen LogP contribution < -0.4 is 14.2 Å². The topological polar surface area (TPSA) is 47.8 Å². The van der Waals surface area contributed by atoms with Crippen LogP contribution in [0.3, 0.4) is 0 Å². The molecule has 3 aromatic rings. The number of pyridine rings is 1. The summed E-state index contributed by atoms with van der Waals surface area (Å²) in [6.07, 6.45) is 7.47. The minimum absolute atomic E-state index is 0.0130. The van der Waals surface area contributed by atoms with E-state index < -0.39 is 5.82 Å². The molecule has 4 rings (SSSR count). The van der Waals surface area contributed by atoms with E-state index in [1.807, 2.05) is 22.7 Å². The SMILES string of the molecule is C/C=S(/Nc1cc(-c2cnc3cc(OC)c(SC(C)(C)C)cn23)cc(F)c1OC)C1CCC1. The van der Waals surface area contributed by atoms with Crippen molar-refractivity contribution in [2.75, 3.05) is 18.9 Å². The van der Waals surface area contributed by atoms with Gasteiger partial charge < -0.3 is 14.2 Å². The number of nitrogens with zero attached hydrogens (tertiary/aromatic N) is 2. The lowest BCUT2D eigenvalue weighted by Crippen LogP contribution is -2.19. The number of rotatable bonds is 7. The number of hydrogen-bond donors (Lipinski definition) is 1. The van der Waals surface area contributed by atoms with Gasteiger partial charge in [0.2, 0.25) is 0 Å². The average molecular weight is 490 g/mol. The van der Waals surface area contributed by atoms with E-state index in [4.69, 9.17) is 9.47 Å². The highest BCUT2D eigenvalue weighted by Gasteiger charge is 2.23. The van der Waals surface area contributed by atoms with Crippen molar-refractivity contribution >= 4 is 39.1 Å². The number of anilines is 1. The third-order valence-corrected chi connectivity index (χ3v) is 8.94. The van der Waals surface area contributed by atoms with Gasteiger partial charge in [-0.15, -0.1) is 11.8 Å². The first-order chi connectivity index (χ1) is 15.7. The summed E-state index contributed by atoms with van der Waals surface area (Å²) in [5, 5.41) is 2.79. The van der Waals surface area contributed by atoms with Crippen molar-refractivity contribution in [2.45, 2.75) is 61.8 Å². The maximum Gasteiger partial charge on any atom is 0.178 e. The van der Waals surface area contributed by atoms with E-state index >= 15 is 4.39 Å². The summed E-state index contributed by atoms with van der Waals surface area (Å²) in [5.74, 6) is 0.640. The Morgan fingerprint density at radius 1 is 1.21 bits per heavy atom. The Labute approximate surface area is 202 Å². The van der Waals surface area contributed by atoms with Gasteiger partial charge in [0.1, 0.15) is 11.4 Å². The predicted octanol–water partition coefficient (Wildman–Crippen LogP) is 7.02. The summed E-state index contributed by atoms with van der Waals surface area (Å²) >= 11 is 1.73. The van der Waals surface area contributed by atoms with Crippen LogP contribution in [0.15, 0.2) is 35.5 Å². The number of hydrogen-bond acceptors (Lipinski definition) is 5. The molecule has 1 atom stereocenters. The highest BCUT2D eigenvalue weighted by Crippen LogP contribution is 2.42. The smallest absolute Gasteiger partial charge is 0.178 e. The molecule has 8 heteroatoms. The standard InChI is InChI=1S/C25H32FN3O2S2/c1-7-33(17-9-8-10-17)28-19-12-16(11-18(26)24(19)31-6)20-14-27-23-13-21(30-5)22(15-29(20)23)32-25(2,3)4/h7,11-15,17,28H,8-10H2,1-6H3. The second-order valence-corrected chi connectivity index (χ2v) is 13.0. The van der Waals surface area contributed by atoms with Crippen LogP contribution in [0.1, 0.15) is 47.0 Å². The summed E-state index contributed by atoms with van der Waals surface area (Å²) in [6.45, 7) is 8.55. The molecule has 1 unspecified atom stereocenters. The van der Waals surface area contributed by atoms with Gasteiger partial charge >= 0.3 is 0 Å².